The van der Waals surface area contributed by atoms with E-state index < -0.39 is 6.43 Å². The van der Waals surface area contributed by atoms with Gasteiger partial charge in [-0.3, -0.25) is 9.20 Å². The molecule has 1 saturated heterocycles. The summed E-state index contributed by atoms with van der Waals surface area (Å²) < 4.78 is 32.9. The number of amides is 1. The Hall–Kier alpha value is -3.10. The van der Waals surface area contributed by atoms with Gasteiger partial charge < -0.3 is 9.64 Å². The SMILES string of the molecule is O=C(c1ccc(-c2cn3c(-c4ccc(C(F)F)cc4)csc3n2)cc1)N1CCOCC1. The van der Waals surface area contributed by atoms with E-state index in [9.17, 15) is 13.6 Å². The molecule has 1 fully saturated rings. The number of hydrogen-bond acceptors (Lipinski definition) is 4. The average Bonchev–Trinajstić information content (AvgIpc) is 3.40. The minimum absolute atomic E-state index is 0.00765. The van der Waals surface area contributed by atoms with Crippen LogP contribution in [0.5, 0.6) is 0 Å². The van der Waals surface area contributed by atoms with Crippen molar-refractivity contribution in [3.63, 3.8) is 0 Å². The number of nitrogens with zero attached hydrogens (tertiary/aromatic N) is 3. The summed E-state index contributed by atoms with van der Waals surface area (Å²) in [6.07, 6.45) is -0.546. The highest BCUT2D eigenvalue weighted by atomic mass is 32.1. The van der Waals surface area contributed by atoms with E-state index in [0.29, 0.717) is 31.9 Å². The first-order valence-electron chi connectivity index (χ1n) is 9.93. The third-order valence-corrected chi connectivity index (χ3v) is 6.23. The summed E-state index contributed by atoms with van der Waals surface area (Å²) in [5, 5.41) is 1.97. The number of alkyl halides is 2. The van der Waals surface area contributed by atoms with Gasteiger partial charge in [0, 0.05) is 41.4 Å². The summed E-state index contributed by atoms with van der Waals surface area (Å²) in [6.45, 7) is 2.36. The second kappa shape index (κ2) is 8.20. The van der Waals surface area contributed by atoms with E-state index in [1.54, 1.807) is 17.0 Å². The van der Waals surface area contributed by atoms with E-state index in [0.717, 1.165) is 27.5 Å². The summed E-state index contributed by atoms with van der Waals surface area (Å²) in [4.78, 5) is 19.9. The lowest BCUT2D eigenvalue weighted by Gasteiger charge is -2.26. The Kier molecular flexibility index (Phi) is 5.25. The molecule has 31 heavy (non-hydrogen) atoms. The van der Waals surface area contributed by atoms with E-state index in [2.05, 4.69) is 4.98 Å². The predicted octanol–water partition coefficient (Wildman–Crippen LogP) is 5.14. The second-order valence-corrected chi connectivity index (χ2v) is 8.14. The summed E-state index contributed by atoms with van der Waals surface area (Å²) in [5.74, 6) is 0.00945. The van der Waals surface area contributed by atoms with Gasteiger partial charge in [-0.2, -0.15) is 0 Å². The topological polar surface area (TPSA) is 46.8 Å². The summed E-state index contributed by atoms with van der Waals surface area (Å²) in [7, 11) is 0. The maximum Gasteiger partial charge on any atom is 0.263 e. The van der Waals surface area contributed by atoms with Gasteiger partial charge in [0.2, 0.25) is 0 Å². The molecule has 1 aliphatic rings. The Morgan fingerprint density at radius 3 is 2.35 bits per heavy atom. The molecule has 2 aromatic carbocycles. The fourth-order valence-corrected chi connectivity index (χ4v) is 4.54. The first-order chi connectivity index (χ1) is 15.1. The van der Waals surface area contributed by atoms with Crippen LogP contribution in [0.2, 0.25) is 0 Å². The fourth-order valence-electron chi connectivity index (χ4n) is 3.66. The van der Waals surface area contributed by atoms with Gasteiger partial charge in [-0.1, -0.05) is 36.4 Å². The minimum Gasteiger partial charge on any atom is -0.378 e. The zero-order valence-corrected chi connectivity index (χ0v) is 17.3. The van der Waals surface area contributed by atoms with Gasteiger partial charge in [0.05, 0.1) is 24.6 Å². The zero-order valence-electron chi connectivity index (χ0n) is 16.5. The first kappa shape index (κ1) is 19.8. The van der Waals surface area contributed by atoms with Gasteiger partial charge >= 0.3 is 0 Å². The van der Waals surface area contributed by atoms with Crippen LogP contribution < -0.4 is 0 Å². The van der Waals surface area contributed by atoms with Crippen LogP contribution in [0.25, 0.3) is 27.5 Å². The molecule has 5 rings (SSSR count). The van der Waals surface area contributed by atoms with Crippen LogP contribution >= 0.6 is 11.3 Å². The maximum atomic E-state index is 12.8. The largest absolute Gasteiger partial charge is 0.378 e. The maximum absolute atomic E-state index is 12.8. The number of carbonyl (C=O) groups excluding carboxylic acids is 1. The lowest BCUT2D eigenvalue weighted by atomic mass is 10.1. The van der Waals surface area contributed by atoms with Gasteiger partial charge in [-0.15, -0.1) is 11.3 Å². The number of hydrogen-bond donors (Lipinski definition) is 0. The standard InChI is InChI=1S/C23H19F2N3O2S/c24-21(25)17-5-3-16(4-6-17)20-14-31-23-26-19(13-28(20)23)15-1-7-18(8-2-15)22(29)27-9-11-30-12-10-27/h1-8,13-14,21H,9-12H2. The number of morpholine rings is 1. The molecule has 0 bridgehead atoms. The lowest BCUT2D eigenvalue weighted by molar-refractivity contribution is 0.0303. The van der Waals surface area contributed by atoms with Crippen molar-refractivity contribution >= 4 is 22.2 Å². The molecule has 158 valence electrons. The number of rotatable bonds is 4. The highest BCUT2D eigenvalue weighted by Crippen LogP contribution is 2.30. The molecule has 2 aromatic heterocycles. The van der Waals surface area contributed by atoms with Crippen molar-refractivity contribution in [2.45, 2.75) is 6.43 Å². The molecular formula is C23H19F2N3O2S. The van der Waals surface area contributed by atoms with E-state index in [1.165, 1.54) is 23.5 Å². The minimum atomic E-state index is -2.48. The molecule has 0 atom stereocenters. The van der Waals surface area contributed by atoms with Crippen molar-refractivity contribution in [1.82, 2.24) is 14.3 Å². The molecule has 0 aliphatic carbocycles. The number of benzene rings is 2. The number of aromatic nitrogens is 2. The van der Waals surface area contributed by atoms with Crippen LogP contribution in [0.3, 0.4) is 0 Å². The molecule has 4 aromatic rings. The third-order valence-electron chi connectivity index (χ3n) is 5.39. The summed E-state index contributed by atoms with van der Waals surface area (Å²) in [5.41, 5.74) is 4.11. The van der Waals surface area contributed by atoms with Crippen molar-refractivity contribution in [2.24, 2.45) is 0 Å². The molecule has 1 amide bonds. The average molecular weight is 439 g/mol. The van der Waals surface area contributed by atoms with Crippen LogP contribution in [0.1, 0.15) is 22.3 Å². The fraction of sp³-hybridized carbons (Fsp3) is 0.217. The Labute approximate surface area is 181 Å². The highest BCUT2D eigenvalue weighted by Gasteiger charge is 2.19. The smallest absolute Gasteiger partial charge is 0.263 e. The monoisotopic (exact) mass is 439 g/mol. The van der Waals surface area contributed by atoms with Crippen LogP contribution in [-0.4, -0.2) is 46.5 Å². The molecule has 8 heteroatoms. The van der Waals surface area contributed by atoms with Crippen LogP contribution in [0.4, 0.5) is 8.78 Å². The molecule has 3 heterocycles. The lowest BCUT2D eigenvalue weighted by Crippen LogP contribution is -2.40. The van der Waals surface area contributed by atoms with Crippen molar-refractivity contribution in [2.75, 3.05) is 26.3 Å². The second-order valence-electron chi connectivity index (χ2n) is 7.30. The third kappa shape index (κ3) is 3.84. The molecule has 1 aliphatic heterocycles. The summed E-state index contributed by atoms with van der Waals surface area (Å²) in [6, 6.07) is 13.8. The van der Waals surface area contributed by atoms with Crippen molar-refractivity contribution < 1.29 is 18.3 Å². The van der Waals surface area contributed by atoms with Crippen molar-refractivity contribution in [1.29, 1.82) is 0 Å². The van der Waals surface area contributed by atoms with Crippen molar-refractivity contribution in [3.8, 4) is 22.5 Å². The van der Waals surface area contributed by atoms with Gasteiger partial charge in [0.1, 0.15) is 0 Å². The normalized spacial score (nSPS) is 14.5. The zero-order chi connectivity index (χ0) is 21.4. The van der Waals surface area contributed by atoms with E-state index >= 15 is 0 Å². The Balaban J connectivity index is 1.40. The number of imidazole rings is 1. The van der Waals surface area contributed by atoms with E-state index in [-0.39, 0.29) is 11.5 Å². The quantitative estimate of drug-likeness (QED) is 0.442. The van der Waals surface area contributed by atoms with Gasteiger partial charge in [-0.05, 0) is 17.7 Å². The van der Waals surface area contributed by atoms with Crippen LogP contribution in [0, 0.1) is 0 Å². The van der Waals surface area contributed by atoms with E-state index in [1.807, 2.05) is 40.2 Å². The van der Waals surface area contributed by atoms with Crippen molar-refractivity contribution in [3.05, 3.63) is 71.2 Å². The van der Waals surface area contributed by atoms with E-state index in [4.69, 9.17) is 4.74 Å². The molecule has 0 radical (unpaired) electrons. The number of halogens is 2. The molecule has 0 saturated carbocycles. The summed E-state index contributed by atoms with van der Waals surface area (Å²) >= 11 is 1.49. The molecule has 0 N–H and O–H groups in total. The van der Waals surface area contributed by atoms with Crippen LogP contribution in [-0.2, 0) is 4.74 Å². The number of thiazole rings is 1. The van der Waals surface area contributed by atoms with Gasteiger partial charge in [0.15, 0.2) is 4.96 Å². The highest BCUT2D eigenvalue weighted by molar-refractivity contribution is 7.15. The Morgan fingerprint density at radius 2 is 1.68 bits per heavy atom. The molecule has 0 spiro atoms. The molecular weight excluding hydrogens is 420 g/mol. The van der Waals surface area contributed by atoms with Gasteiger partial charge in [-0.25, -0.2) is 13.8 Å². The van der Waals surface area contributed by atoms with Gasteiger partial charge in [0.25, 0.3) is 12.3 Å². The Morgan fingerprint density at radius 1 is 1.00 bits per heavy atom. The first-order valence-corrected chi connectivity index (χ1v) is 10.8. The van der Waals surface area contributed by atoms with Crippen LogP contribution in [0.15, 0.2) is 60.1 Å². The number of ether oxygens (including phenoxy) is 1. The molecule has 5 nitrogen and oxygen atoms in total. The number of fused-ring (bicyclic) bond motifs is 1. The number of carbonyl (C=O) groups is 1. The Bertz CT molecular complexity index is 1210. The molecule has 0 unspecified atom stereocenters. The predicted molar refractivity (Wildman–Crippen MR) is 116 cm³/mol.